The van der Waals surface area contributed by atoms with Gasteiger partial charge in [-0.3, -0.25) is 4.79 Å². The minimum Gasteiger partial charge on any atom is -0.481 e. The van der Waals surface area contributed by atoms with Gasteiger partial charge in [0.05, 0.1) is 6.42 Å². The van der Waals surface area contributed by atoms with Crippen molar-refractivity contribution in [3.63, 3.8) is 0 Å². The Morgan fingerprint density at radius 1 is 1.09 bits per heavy atom. The first-order valence-electron chi connectivity index (χ1n) is 14.3. The monoisotopic (exact) mass is 506 g/mol. The van der Waals surface area contributed by atoms with Gasteiger partial charge in [0.2, 0.25) is 0 Å². The van der Waals surface area contributed by atoms with Crippen molar-refractivity contribution >= 4 is 27.6 Å². The van der Waals surface area contributed by atoms with E-state index in [1.165, 1.54) is 70.6 Å². The van der Waals surface area contributed by atoms with Crippen molar-refractivity contribution in [3.05, 3.63) is 11.6 Å². The van der Waals surface area contributed by atoms with Gasteiger partial charge in [0.1, 0.15) is 0 Å². The molecule has 34 heavy (non-hydrogen) atoms. The molecule has 194 valence electrons. The number of allylic oxidation sites excluding steroid dienone is 2. The molecule has 0 aliphatic heterocycles. The normalized spacial score (nSPS) is 40.3. The lowest BCUT2D eigenvalue weighted by molar-refractivity contribution is -0.136. The maximum atomic E-state index is 10.8. The van der Waals surface area contributed by atoms with E-state index >= 15 is 0 Å². The van der Waals surface area contributed by atoms with Crippen LogP contribution >= 0.6 is 21.6 Å². The second kappa shape index (κ2) is 11.1. The quantitative estimate of drug-likeness (QED) is 0.182. The lowest BCUT2D eigenvalue weighted by Gasteiger charge is -2.58. The Hall–Kier alpha value is -0.0900. The molecule has 4 rings (SSSR count). The van der Waals surface area contributed by atoms with E-state index in [1.807, 2.05) is 10.8 Å². The summed E-state index contributed by atoms with van der Waals surface area (Å²) in [4.78, 5) is 10.8. The van der Waals surface area contributed by atoms with Gasteiger partial charge in [0.15, 0.2) is 0 Å². The predicted octanol–water partition coefficient (Wildman–Crippen LogP) is 9.25. The summed E-state index contributed by atoms with van der Waals surface area (Å²) in [6.07, 6.45) is 18.3. The molecule has 4 aliphatic carbocycles. The maximum absolute atomic E-state index is 10.8. The molecule has 8 atom stereocenters. The molecule has 0 bridgehead atoms. The van der Waals surface area contributed by atoms with E-state index in [-0.39, 0.29) is 6.42 Å². The third kappa shape index (κ3) is 5.43. The Labute approximate surface area is 217 Å². The number of hydrogen-bond acceptors (Lipinski definition) is 3. The zero-order valence-electron chi connectivity index (χ0n) is 22.5. The standard InChI is InChI=1S/C30H50O2S2/c1-20(2)7-6-8-21(3)25-11-12-26-24-10-9-22-19-23(34-33-18-15-28(31)32)13-16-29(22,4)27(24)14-17-30(25,26)5/h9,20-21,23-27H,6-8,10-19H2,1-5H3,(H,31,32)/t21?,23-,24-,25+,26-,27-,29-,30+/m0/s1. The number of carbonyl (C=O) groups is 1. The average molecular weight is 507 g/mol. The van der Waals surface area contributed by atoms with Crippen LogP contribution < -0.4 is 0 Å². The fourth-order valence-electron chi connectivity index (χ4n) is 9.01. The van der Waals surface area contributed by atoms with Crippen molar-refractivity contribution < 1.29 is 9.90 Å². The fourth-order valence-corrected chi connectivity index (χ4v) is 11.6. The molecular weight excluding hydrogens is 456 g/mol. The molecule has 3 fully saturated rings. The Morgan fingerprint density at radius 2 is 1.88 bits per heavy atom. The molecule has 4 heteroatoms. The second-order valence-corrected chi connectivity index (χ2v) is 16.0. The van der Waals surface area contributed by atoms with E-state index in [4.69, 9.17) is 5.11 Å². The maximum Gasteiger partial charge on any atom is 0.304 e. The topological polar surface area (TPSA) is 37.3 Å². The Balaban J connectivity index is 1.38. The number of aliphatic carboxylic acids is 1. The smallest absolute Gasteiger partial charge is 0.304 e. The fraction of sp³-hybridized carbons (Fsp3) is 0.900. The Bertz CT molecular complexity index is 748. The first-order chi connectivity index (χ1) is 16.1. The zero-order valence-corrected chi connectivity index (χ0v) is 24.1. The summed E-state index contributed by atoms with van der Waals surface area (Å²) in [6.45, 7) is 12.6. The van der Waals surface area contributed by atoms with Crippen molar-refractivity contribution in [3.8, 4) is 0 Å². The van der Waals surface area contributed by atoms with E-state index in [2.05, 4.69) is 40.7 Å². The van der Waals surface area contributed by atoms with Gasteiger partial charge in [-0.1, -0.05) is 87.1 Å². The highest BCUT2D eigenvalue weighted by molar-refractivity contribution is 8.76. The zero-order chi connectivity index (χ0) is 24.5. The number of fused-ring (bicyclic) bond motifs is 5. The molecule has 4 aliphatic rings. The van der Waals surface area contributed by atoms with Crippen molar-refractivity contribution in [2.24, 2.45) is 46.3 Å². The molecule has 0 aromatic carbocycles. The molecular formula is C30H50O2S2. The molecule has 0 spiro atoms. The van der Waals surface area contributed by atoms with Crippen LogP contribution in [0.3, 0.4) is 0 Å². The number of hydrogen-bond donors (Lipinski definition) is 1. The molecule has 0 aromatic rings. The van der Waals surface area contributed by atoms with Gasteiger partial charge in [-0.2, -0.15) is 0 Å². The van der Waals surface area contributed by atoms with Gasteiger partial charge in [-0.05, 0) is 97.7 Å². The van der Waals surface area contributed by atoms with Crippen molar-refractivity contribution in [1.82, 2.24) is 0 Å². The van der Waals surface area contributed by atoms with Gasteiger partial charge in [-0.15, -0.1) is 0 Å². The lowest BCUT2D eigenvalue weighted by atomic mass is 9.47. The highest BCUT2D eigenvalue weighted by Crippen LogP contribution is 2.67. The molecule has 0 saturated heterocycles. The summed E-state index contributed by atoms with van der Waals surface area (Å²) in [5, 5.41) is 9.58. The number of carboxylic acids is 1. The van der Waals surface area contributed by atoms with Crippen LogP contribution in [-0.2, 0) is 4.79 Å². The molecule has 0 radical (unpaired) electrons. The summed E-state index contributed by atoms with van der Waals surface area (Å²) < 4.78 is 0. The molecule has 0 heterocycles. The van der Waals surface area contributed by atoms with Crippen molar-refractivity contribution in [2.45, 2.75) is 117 Å². The van der Waals surface area contributed by atoms with Crippen LogP contribution in [0.1, 0.15) is 112 Å². The minimum absolute atomic E-state index is 0.284. The minimum atomic E-state index is -0.672. The van der Waals surface area contributed by atoms with E-state index in [0.717, 1.165) is 41.3 Å². The predicted molar refractivity (Wildman–Crippen MR) is 149 cm³/mol. The SMILES string of the molecule is CC(C)CCCC(C)[C@H]1CC[C@H]2[C@@H]3CC=C4C[C@@H](SSCCC(=O)O)CC[C@]4(C)[C@H]3CC[C@]12C. The van der Waals surface area contributed by atoms with Crippen LogP contribution in [0.5, 0.6) is 0 Å². The van der Waals surface area contributed by atoms with Gasteiger partial charge in [0.25, 0.3) is 0 Å². The Morgan fingerprint density at radius 3 is 2.62 bits per heavy atom. The molecule has 2 nitrogen and oxygen atoms in total. The summed E-state index contributed by atoms with van der Waals surface area (Å²) in [6, 6.07) is 0. The van der Waals surface area contributed by atoms with Gasteiger partial charge >= 0.3 is 5.97 Å². The van der Waals surface area contributed by atoms with Gasteiger partial charge in [0, 0.05) is 11.0 Å². The molecule has 3 saturated carbocycles. The van der Waals surface area contributed by atoms with Crippen LogP contribution in [0, 0.1) is 46.3 Å². The van der Waals surface area contributed by atoms with Crippen molar-refractivity contribution in [2.75, 3.05) is 5.75 Å². The summed E-state index contributed by atoms with van der Waals surface area (Å²) in [7, 11) is 3.74. The highest BCUT2D eigenvalue weighted by atomic mass is 33.1. The van der Waals surface area contributed by atoms with Gasteiger partial charge in [-0.25, -0.2) is 0 Å². The number of rotatable bonds is 10. The largest absolute Gasteiger partial charge is 0.481 e. The van der Waals surface area contributed by atoms with E-state index in [0.29, 0.717) is 16.1 Å². The Kier molecular flexibility index (Phi) is 8.81. The first-order valence-corrected chi connectivity index (χ1v) is 16.7. The summed E-state index contributed by atoms with van der Waals surface area (Å²) >= 11 is 0. The first kappa shape index (κ1) is 27.0. The molecule has 0 amide bonds. The van der Waals surface area contributed by atoms with E-state index in [1.54, 1.807) is 16.4 Å². The third-order valence-corrected chi connectivity index (χ3v) is 13.8. The van der Waals surface area contributed by atoms with Gasteiger partial charge < -0.3 is 5.11 Å². The third-order valence-electron chi connectivity index (χ3n) is 10.9. The van der Waals surface area contributed by atoms with Crippen LogP contribution in [0.4, 0.5) is 0 Å². The summed E-state index contributed by atoms with van der Waals surface area (Å²) in [5.41, 5.74) is 2.76. The molecule has 1 unspecified atom stereocenters. The van der Waals surface area contributed by atoms with E-state index in [9.17, 15) is 4.79 Å². The average Bonchev–Trinajstić information content (AvgIpc) is 3.13. The molecule has 1 N–H and O–H groups in total. The van der Waals surface area contributed by atoms with Crippen LogP contribution in [0.2, 0.25) is 0 Å². The second-order valence-electron chi connectivity index (χ2n) is 13.2. The lowest BCUT2D eigenvalue weighted by Crippen LogP contribution is -2.50. The van der Waals surface area contributed by atoms with E-state index < -0.39 is 5.97 Å². The van der Waals surface area contributed by atoms with Crippen LogP contribution in [0.15, 0.2) is 11.6 Å². The van der Waals surface area contributed by atoms with Crippen molar-refractivity contribution in [1.29, 1.82) is 0 Å². The van der Waals surface area contributed by atoms with Crippen LogP contribution in [0.25, 0.3) is 0 Å². The summed E-state index contributed by atoms with van der Waals surface area (Å²) in [5.74, 6) is 5.48. The number of carboxylic acid groups (broad SMARTS) is 1. The van der Waals surface area contributed by atoms with Crippen LogP contribution in [-0.4, -0.2) is 22.1 Å². The molecule has 0 aromatic heterocycles. The highest BCUT2D eigenvalue weighted by Gasteiger charge is 2.59.